The first-order chi connectivity index (χ1) is 14.0. The second-order valence-electron chi connectivity index (χ2n) is 2.86. The van der Waals surface area contributed by atoms with E-state index in [4.69, 9.17) is 123 Å². The van der Waals surface area contributed by atoms with Gasteiger partial charge in [0, 0.05) is 72.8 Å². The Morgan fingerprint density at radius 2 is 0.195 bits per heavy atom. The van der Waals surface area contributed by atoms with Crippen LogP contribution in [0.1, 0.15) is 0 Å². The fourth-order valence-corrected chi connectivity index (χ4v) is 0. The van der Waals surface area contributed by atoms with E-state index in [1.807, 2.05) is 0 Å². The molecular weight excluding hydrogens is 924 g/mol. The number of hydrogen-bond donors (Lipinski definition) is 2. The molecule has 260 valence electrons. The van der Waals surface area contributed by atoms with Crippen LogP contribution in [0.2, 0.25) is 0 Å². The van der Waals surface area contributed by atoms with Gasteiger partial charge < -0.3 is 76.0 Å². The van der Waals surface area contributed by atoms with E-state index in [-0.39, 0.29) is 80.6 Å². The second kappa shape index (κ2) is 35.6. The Labute approximate surface area is 273 Å². The zero-order chi connectivity index (χ0) is 31.5. The van der Waals surface area contributed by atoms with Gasteiger partial charge in [0.2, 0.25) is 0 Å². The van der Waals surface area contributed by atoms with Crippen LogP contribution < -0.4 is 12.3 Å². The van der Waals surface area contributed by atoms with Crippen LogP contribution in [0.5, 0.6) is 0 Å². The molecule has 0 spiro atoms. The Hall–Kier alpha value is 1.09. The summed E-state index contributed by atoms with van der Waals surface area (Å²) >= 11 is 0. The molecule has 0 saturated carbocycles. The van der Waals surface area contributed by atoms with Crippen molar-refractivity contribution in [2.24, 2.45) is 0 Å². The van der Waals surface area contributed by atoms with Crippen molar-refractivity contribution in [2.45, 2.75) is 0 Å². The molecule has 0 heterocycles. The predicted molar refractivity (Wildman–Crippen MR) is 85.3 cm³/mol. The largest absolute Gasteiger partial charge is 3.00 e. The van der Waals surface area contributed by atoms with Gasteiger partial charge in [0.05, 0.1) is 0 Å². The third-order valence-corrected chi connectivity index (χ3v) is 0. The van der Waals surface area contributed by atoms with Gasteiger partial charge in [-0.15, -0.1) is 0 Å². The predicted octanol–water partition coefficient (Wildman–Crippen LogP) is -8.62. The molecule has 0 aromatic carbocycles. The SMILES string of the molecule is O=S(=O)([O-])[O-].O=S(=O)([O-])[O-].O=S(=O)([O-])[O-].O=S(=O)([O-])[O-].O=S(=O)([O-])[O-].O=S(=O)([O-])[O-].O=S(=O)([O-])[O-].[Fe+3].[Fe+3].[Fe+3].[Fe+3].[NH4+].[NH4+]. The minimum atomic E-state index is -5.17. The normalized spacial score (nSPS) is 9.90. The van der Waals surface area contributed by atoms with Crippen molar-refractivity contribution in [3.05, 3.63) is 0 Å². The summed E-state index contributed by atoms with van der Waals surface area (Å²) in [6.07, 6.45) is 0. The summed E-state index contributed by atoms with van der Waals surface area (Å²) in [6.45, 7) is 0. The third kappa shape index (κ3) is 53000. The van der Waals surface area contributed by atoms with Crippen LogP contribution in [0.3, 0.4) is 0 Å². The van der Waals surface area contributed by atoms with E-state index in [2.05, 4.69) is 0 Å². The number of hydrogen-bond acceptors (Lipinski definition) is 28. The monoisotopic (exact) mass is 931 g/mol. The first-order valence-corrected chi connectivity index (χ1v) is 14.0. The van der Waals surface area contributed by atoms with Crippen molar-refractivity contribution in [3.63, 3.8) is 0 Å². The molecule has 0 bridgehead atoms. The van der Waals surface area contributed by atoms with Gasteiger partial charge >= 0.3 is 68.3 Å². The molecular formula is H8Fe4N2O28S7. The van der Waals surface area contributed by atoms with Gasteiger partial charge in [0.15, 0.2) is 0 Å². The Morgan fingerprint density at radius 3 is 0.195 bits per heavy atom. The van der Waals surface area contributed by atoms with Crippen LogP contribution in [0.15, 0.2) is 0 Å². The maximum absolute atomic E-state index is 8.52. The molecule has 0 atom stereocenters. The summed E-state index contributed by atoms with van der Waals surface area (Å²) in [7, 11) is -36.2. The Balaban J connectivity index is -0.0000000198. The van der Waals surface area contributed by atoms with Gasteiger partial charge in [-0.25, -0.2) is 0 Å². The molecule has 41 heteroatoms. The third-order valence-electron chi connectivity index (χ3n) is 0. The second-order valence-corrected chi connectivity index (χ2v) is 8.57. The van der Waals surface area contributed by atoms with Gasteiger partial charge in [0.1, 0.15) is 0 Å². The molecule has 41 heavy (non-hydrogen) atoms. The summed E-state index contributed by atoms with van der Waals surface area (Å²) in [5.74, 6) is 0. The minimum absolute atomic E-state index is 0. The molecule has 0 aliphatic carbocycles. The molecule has 0 aliphatic rings. The van der Waals surface area contributed by atoms with Crippen LogP contribution in [-0.4, -0.2) is 123 Å². The molecule has 0 aromatic rings. The Kier molecular flexibility index (Phi) is 72.8. The summed E-state index contributed by atoms with van der Waals surface area (Å²) in [4.78, 5) is 0. The van der Waals surface area contributed by atoms with Gasteiger partial charge in [-0.1, -0.05) is 0 Å². The minimum Gasteiger partial charge on any atom is -0.759 e. The van der Waals surface area contributed by atoms with Crippen LogP contribution >= 0.6 is 0 Å². The van der Waals surface area contributed by atoms with Crippen molar-refractivity contribution < 1.29 is 191 Å². The molecule has 0 aromatic heterocycles. The summed E-state index contributed by atoms with van der Waals surface area (Å²) < 4.78 is 239. The van der Waals surface area contributed by atoms with E-state index in [0.717, 1.165) is 0 Å². The standard InChI is InChI=1S/4Fe.2H3N.7H2O4S/c;;;;;;7*1-5(2,3)4/h;;;;2*1H3;7*(H2,1,2,3,4)/q4*+3;;;;;;;;;/p-12. The molecule has 0 saturated heterocycles. The van der Waals surface area contributed by atoms with E-state index < -0.39 is 72.8 Å². The van der Waals surface area contributed by atoms with E-state index in [9.17, 15) is 0 Å². The maximum atomic E-state index is 8.52. The molecule has 4 radical (unpaired) electrons. The van der Waals surface area contributed by atoms with Gasteiger partial charge in [-0.2, -0.15) is 0 Å². The molecule has 0 aliphatic heterocycles. The maximum Gasteiger partial charge on any atom is 3.00 e. The first kappa shape index (κ1) is 84.0. The van der Waals surface area contributed by atoms with Crippen LogP contribution in [0.4, 0.5) is 0 Å². The van der Waals surface area contributed by atoms with Gasteiger partial charge in [-0.05, 0) is 0 Å². The quantitative estimate of drug-likeness (QED) is 0.129. The summed E-state index contributed by atoms with van der Waals surface area (Å²) in [6, 6.07) is 0. The summed E-state index contributed by atoms with van der Waals surface area (Å²) in [5, 5.41) is 0. The summed E-state index contributed by atoms with van der Waals surface area (Å²) in [5.41, 5.74) is 0. The van der Waals surface area contributed by atoms with Crippen LogP contribution in [0.25, 0.3) is 0 Å². The smallest absolute Gasteiger partial charge is 0.759 e. The van der Waals surface area contributed by atoms with E-state index in [1.165, 1.54) is 0 Å². The first-order valence-electron chi connectivity index (χ1n) is 4.67. The molecule has 8 N–H and O–H groups in total. The molecule has 0 rings (SSSR count). The molecule has 0 fully saturated rings. The number of rotatable bonds is 0. The topological polar surface area (TPSA) is 635 Å². The number of quaternary nitrogens is 2. The van der Waals surface area contributed by atoms with Gasteiger partial charge in [0.25, 0.3) is 0 Å². The molecule has 0 amide bonds. The van der Waals surface area contributed by atoms with E-state index in [1.54, 1.807) is 0 Å². The fraction of sp³-hybridized carbons (Fsp3) is 0. The average molecular weight is 932 g/mol. The van der Waals surface area contributed by atoms with Crippen LogP contribution in [-0.2, 0) is 141 Å². The van der Waals surface area contributed by atoms with E-state index in [0.29, 0.717) is 0 Å². The average Bonchev–Trinajstić information content (AvgIpc) is 2.06. The van der Waals surface area contributed by atoms with Crippen molar-refractivity contribution in [1.29, 1.82) is 0 Å². The molecule has 30 nitrogen and oxygen atoms in total. The van der Waals surface area contributed by atoms with Crippen LogP contribution in [0, 0.1) is 0 Å². The Bertz CT molecular complexity index is 933. The van der Waals surface area contributed by atoms with Crippen molar-refractivity contribution in [2.75, 3.05) is 0 Å². The fourth-order valence-electron chi connectivity index (χ4n) is 0. The van der Waals surface area contributed by atoms with Crippen molar-refractivity contribution in [3.8, 4) is 0 Å². The Morgan fingerprint density at radius 1 is 0.195 bits per heavy atom. The zero-order valence-corrected chi connectivity index (χ0v) is 27.8. The van der Waals surface area contributed by atoms with Crippen molar-refractivity contribution in [1.82, 2.24) is 12.3 Å². The van der Waals surface area contributed by atoms with Crippen molar-refractivity contribution >= 4 is 72.8 Å². The van der Waals surface area contributed by atoms with E-state index >= 15 is 0 Å². The molecule has 0 unspecified atom stereocenters. The zero-order valence-electron chi connectivity index (χ0n) is 17.7. The van der Waals surface area contributed by atoms with Gasteiger partial charge in [-0.3, -0.25) is 58.9 Å².